The van der Waals surface area contributed by atoms with Crippen molar-refractivity contribution in [2.75, 3.05) is 0 Å². The van der Waals surface area contributed by atoms with Crippen LogP contribution in [0.15, 0.2) is 59.5 Å². The van der Waals surface area contributed by atoms with Gasteiger partial charge in [0, 0.05) is 11.1 Å². The molecule has 0 radical (unpaired) electrons. The first-order chi connectivity index (χ1) is 9.43. The fourth-order valence-electron chi connectivity index (χ4n) is 1.98. The summed E-state index contributed by atoms with van der Waals surface area (Å²) >= 11 is 5.78. The molecule has 0 aliphatic rings. The summed E-state index contributed by atoms with van der Waals surface area (Å²) in [6.45, 7) is 1.63. The van der Waals surface area contributed by atoms with Gasteiger partial charge in [-0.1, -0.05) is 41.9 Å². The van der Waals surface area contributed by atoms with Crippen LogP contribution in [-0.4, -0.2) is 13.7 Å². The summed E-state index contributed by atoms with van der Waals surface area (Å²) in [5.41, 5.74) is 6.89. The zero-order valence-electron chi connectivity index (χ0n) is 11.0. The average Bonchev–Trinajstić information content (AvgIpc) is 2.47. The minimum Gasteiger partial charge on any atom is -0.323 e. The second-order valence-corrected chi connectivity index (χ2v) is 7.38. The van der Waals surface area contributed by atoms with Crippen LogP contribution in [0.25, 0.3) is 0 Å². The van der Waals surface area contributed by atoms with Crippen LogP contribution < -0.4 is 5.73 Å². The number of hydrogen-bond acceptors (Lipinski definition) is 3. The average molecular weight is 310 g/mol. The highest BCUT2D eigenvalue weighted by atomic mass is 35.5. The Morgan fingerprint density at radius 3 is 2.10 bits per heavy atom. The van der Waals surface area contributed by atoms with Crippen LogP contribution in [0.3, 0.4) is 0 Å². The van der Waals surface area contributed by atoms with Crippen molar-refractivity contribution in [2.45, 2.75) is 23.1 Å². The Morgan fingerprint density at radius 2 is 1.55 bits per heavy atom. The number of halogens is 1. The van der Waals surface area contributed by atoms with Crippen LogP contribution in [-0.2, 0) is 9.84 Å². The van der Waals surface area contributed by atoms with Crippen LogP contribution in [0, 0.1) is 0 Å². The zero-order chi connectivity index (χ0) is 14.8. The van der Waals surface area contributed by atoms with Gasteiger partial charge < -0.3 is 5.73 Å². The van der Waals surface area contributed by atoms with E-state index in [0.717, 1.165) is 5.56 Å². The molecule has 2 aromatic carbocycles. The van der Waals surface area contributed by atoms with Gasteiger partial charge in [0.05, 0.1) is 10.1 Å². The molecule has 2 unspecified atom stereocenters. The molecule has 2 rings (SSSR count). The molecule has 2 atom stereocenters. The molecule has 0 spiro atoms. The van der Waals surface area contributed by atoms with Crippen LogP contribution in [0.5, 0.6) is 0 Å². The first-order valence-corrected chi connectivity index (χ1v) is 8.15. The fourth-order valence-corrected chi connectivity index (χ4v) is 3.59. The van der Waals surface area contributed by atoms with Gasteiger partial charge in [-0.2, -0.15) is 0 Å². The van der Waals surface area contributed by atoms with E-state index in [1.807, 2.05) is 30.3 Å². The number of rotatable bonds is 4. The third kappa shape index (κ3) is 3.03. The molecular formula is C15H16ClNO2S. The van der Waals surface area contributed by atoms with E-state index in [1.165, 1.54) is 12.1 Å². The van der Waals surface area contributed by atoms with Gasteiger partial charge in [0.15, 0.2) is 9.84 Å². The molecule has 0 fully saturated rings. The molecule has 0 aliphatic heterocycles. The highest BCUT2D eigenvalue weighted by Gasteiger charge is 2.29. The maximum atomic E-state index is 12.5. The molecular weight excluding hydrogens is 294 g/mol. The topological polar surface area (TPSA) is 60.2 Å². The van der Waals surface area contributed by atoms with Crippen LogP contribution >= 0.6 is 11.6 Å². The van der Waals surface area contributed by atoms with E-state index >= 15 is 0 Å². The van der Waals surface area contributed by atoms with Gasteiger partial charge in [-0.05, 0) is 36.8 Å². The van der Waals surface area contributed by atoms with Crippen molar-refractivity contribution >= 4 is 21.4 Å². The number of sulfone groups is 1. The monoisotopic (exact) mass is 309 g/mol. The molecule has 0 saturated carbocycles. The van der Waals surface area contributed by atoms with Crippen LogP contribution in [0.1, 0.15) is 18.5 Å². The maximum absolute atomic E-state index is 12.5. The lowest BCUT2D eigenvalue weighted by Gasteiger charge is -2.20. The van der Waals surface area contributed by atoms with Crippen LogP contribution in [0.2, 0.25) is 5.02 Å². The highest BCUT2D eigenvalue weighted by molar-refractivity contribution is 7.92. The summed E-state index contributed by atoms with van der Waals surface area (Å²) in [7, 11) is -3.49. The van der Waals surface area contributed by atoms with Gasteiger partial charge in [0.25, 0.3) is 0 Å². The second-order valence-electron chi connectivity index (χ2n) is 4.64. The molecule has 106 valence electrons. The Labute approximate surface area is 124 Å². The van der Waals surface area contributed by atoms with Crippen molar-refractivity contribution in [3.63, 3.8) is 0 Å². The van der Waals surface area contributed by atoms with Gasteiger partial charge in [-0.3, -0.25) is 0 Å². The molecule has 2 aromatic rings. The van der Waals surface area contributed by atoms with Gasteiger partial charge >= 0.3 is 0 Å². The fraction of sp³-hybridized carbons (Fsp3) is 0.200. The minimum absolute atomic E-state index is 0.237. The summed E-state index contributed by atoms with van der Waals surface area (Å²) in [5, 5.41) is -0.213. The summed E-state index contributed by atoms with van der Waals surface area (Å²) in [6.07, 6.45) is 0. The standard InChI is InChI=1S/C15H16ClNO2S/c1-11(15(17)12-5-3-2-4-6-12)20(18,19)14-9-7-13(16)8-10-14/h2-11,15H,17H2,1H3. The third-order valence-corrected chi connectivity index (χ3v) is 5.78. The van der Waals surface area contributed by atoms with E-state index in [1.54, 1.807) is 19.1 Å². The lowest BCUT2D eigenvalue weighted by atomic mass is 10.1. The molecule has 0 heterocycles. The quantitative estimate of drug-likeness (QED) is 0.943. The summed E-state index contributed by atoms with van der Waals surface area (Å²) < 4.78 is 25.1. The molecule has 0 saturated heterocycles. The predicted octanol–water partition coefficient (Wildman–Crippen LogP) is 3.20. The maximum Gasteiger partial charge on any atom is 0.182 e. The van der Waals surface area contributed by atoms with E-state index in [0.29, 0.717) is 5.02 Å². The van der Waals surface area contributed by atoms with Gasteiger partial charge in [-0.15, -0.1) is 0 Å². The summed E-state index contributed by atoms with van der Waals surface area (Å²) in [5.74, 6) is 0. The molecule has 0 aliphatic carbocycles. The van der Waals surface area contributed by atoms with Crippen molar-refractivity contribution in [2.24, 2.45) is 5.73 Å². The first kappa shape index (κ1) is 15.0. The van der Waals surface area contributed by atoms with Gasteiger partial charge in [0.2, 0.25) is 0 Å². The number of nitrogens with two attached hydrogens (primary N) is 1. The Balaban J connectivity index is 2.32. The normalized spacial score (nSPS) is 14.8. The first-order valence-electron chi connectivity index (χ1n) is 6.23. The summed E-state index contributed by atoms with van der Waals surface area (Å²) in [6, 6.07) is 14.8. The Hall–Kier alpha value is -1.36. The molecule has 2 N–H and O–H groups in total. The molecule has 0 bridgehead atoms. The van der Waals surface area contributed by atoms with E-state index in [-0.39, 0.29) is 4.90 Å². The van der Waals surface area contributed by atoms with Gasteiger partial charge in [0.1, 0.15) is 0 Å². The van der Waals surface area contributed by atoms with Crippen molar-refractivity contribution in [3.05, 3.63) is 65.2 Å². The van der Waals surface area contributed by atoms with Crippen molar-refractivity contribution in [1.29, 1.82) is 0 Å². The van der Waals surface area contributed by atoms with E-state index in [9.17, 15) is 8.42 Å². The number of hydrogen-bond donors (Lipinski definition) is 1. The minimum atomic E-state index is -3.49. The largest absolute Gasteiger partial charge is 0.323 e. The second kappa shape index (κ2) is 5.95. The van der Waals surface area contributed by atoms with Crippen LogP contribution in [0.4, 0.5) is 0 Å². The van der Waals surface area contributed by atoms with Crippen molar-refractivity contribution in [1.82, 2.24) is 0 Å². The molecule has 0 amide bonds. The Bertz CT molecular complexity index is 669. The van der Waals surface area contributed by atoms with Crippen molar-refractivity contribution < 1.29 is 8.42 Å². The predicted molar refractivity (Wildman–Crippen MR) is 81.5 cm³/mol. The molecule has 5 heteroatoms. The Kier molecular flexibility index (Phi) is 4.48. The molecule has 0 aromatic heterocycles. The zero-order valence-corrected chi connectivity index (χ0v) is 12.6. The summed E-state index contributed by atoms with van der Waals surface area (Å²) in [4.78, 5) is 0.237. The molecule has 3 nitrogen and oxygen atoms in total. The van der Waals surface area contributed by atoms with E-state index in [4.69, 9.17) is 17.3 Å². The third-order valence-electron chi connectivity index (χ3n) is 3.32. The SMILES string of the molecule is CC(C(N)c1ccccc1)S(=O)(=O)c1ccc(Cl)cc1. The lowest BCUT2D eigenvalue weighted by molar-refractivity contribution is 0.565. The smallest absolute Gasteiger partial charge is 0.182 e. The lowest BCUT2D eigenvalue weighted by Crippen LogP contribution is -2.31. The highest BCUT2D eigenvalue weighted by Crippen LogP contribution is 2.26. The Morgan fingerprint density at radius 1 is 1.00 bits per heavy atom. The molecule has 20 heavy (non-hydrogen) atoms. The van der Waals surface area contributed by atoms with Crippen molar-refractivity contribution in [3.8, 4) is 0 Å². The number of benzene rings is 2. The van der Waals surface area contributed by atoms with E-state index < -0.39 is 21.1 Å². The van der Waals surface area contributed by atoms with E-state index in [2.05, 4.69) is 0 Å². The van der Waals surface area contributed by atoms with Gasteiger partial charge in [-0.25, -0.2) is 8.42 Å².